The summed E-state index contributed by atoms with van der Waals surface area (Å²) in [5.74, 6) is 0.358. The van der Waals surface area contributed by atoms with E-state index in [0.717, 1.165) is 11.1 Å². The Morgan fingerprint density at radius 3 is 2.09 bits per heavy atom. The van der Waals surface area contributed by atoms with Gasteiger partial charge in [0.25, 0.3) is 11.8 Å². The van der Waals surface area contributed by atoms with Crippen molar-refractivity contribution >= 4 is 27.7 Å². The molecule has 2 aromatic carbocycles. The zero-order chi connectivity index (χ0) is 16.2. The Bertz CT molecular complexity index is 692. The number of nitrogens with zero attached hydrogens (tertiary/aromatic N) is 1. The van der Waals surface area contributed by atoms with Gasteiger partial charge in [-0.1, -0.05) is 40.2 Å². The van der Waals surface area contributed by atoms with E-state index in [9.17, 15) is 9.59 Å². The second kappa shape index (κ2) is 6.96. The van der Waals surface area contributed by atoms with Gasteiger partial charge in [-0.15, -0.1) is 0 Å². The van der Waals surface area contributed by atoms with E-state index in [0.29, 0.717) is 30.7 Å². The smallest absolute Gasteiger partial charge is 0.261 e. The number of carbonyl (C=O) groups is 2. The molecule has 2 aromatic rings. The number of alkyl halides is 1. The first-order valence-electron chi connectivity index (χ1n) is 7.43. The largest absolute Gasteiger partial charge is 0.494 e. The third-order valence-corrected chi connectivity index (χ3v) is 4.40. The predicted octanol–water partition coefficient (Wildman–Crippen LogP) is 3.65. The number of fused-ring (bicyclic) bond motifs is 1. The minimum Gasteiger partial charge on any atom is -0.494 e. The molecular formula is C18H16BrNO3. The summed E-state index contributed by atoms with van der Waals surface area (Å²) in [7, 11) is 0. The van der Waals surface area contributed by atoms with E-state index in [2.05, 4.69) is 15.9 Å². The van der Waals surface area contributed by atoms with Gasteiger partial charge in [-0.2, -0.15) is 0 Å². The number of halogens is 1. The minimum atomic E-state index is -0.215. The van der Waals surface area contributed by atoms with E-state index in [-0.39, 0.29) is 11.8 Å². The molecule has 2 amide bonds. The molecule has 0 fully saturated rings. The average molecular weight is 374 g/mol. The molecule has 0 aliphatic carbocycles. The Balaban J connectivity index is 1.51. The molecule has 0 unspecified atom stereocenters. The quantitative estimate of drug-likeness (QED) is 0.441. The number of hydrogen-bond donors (Lipinski definition) is 0. The number of ether oxygens (including phenoxy) is 1. The van der Waals surface area contributed by atoms with Gasteiger partial charge in [0.05, 0.1) is 17.7 Å². The van der Waals surface area contributed by atoms with E-state index >= 15 is 0 Å². The highest BCUT2D eigenvalue weighted by molar-refractivity contribution is 9.08. The van der Waals surface area contributed by atoms with Crippen LogP contribution in [0.1, 0.15) is 32.7 Å². The van der Waals surface area contributed by atoms with Crippen LogP contribution in [0.5, 0.6) is 5.75 Å². The number of hydrogen-bond acceptors (Lipinski definition) is 3. The summed E-state index contributed by atoms with van der Waals surface area (Å²) < 4.78 is 5.65. The van der Waals surface area contributed by atoms with Crippen LogP contribution in [0.15, 0.2) is 48.5 Å². The van der Waals surface area contributed by atoms with Gasteiger partial charge in [-0.25, -0.2) is 0 Å². The molecule has 0 saturated carbocycles. The fourth-order valence-electron chi connectivity index (χ4n) is 2.53. The number of amides is 2. The van der Waals surface area contributed by atoms with Gasteiger partial charge in [0.1, 0.15) is 5.75 Å². The molecular weight excluding hydrogens is 358 g/mol. The molecule has 23 heavy (non-hydrogen) atoms. The van der Waals surface area contributed by atoms with Crippen LogP contribution in [0, 0.1) is 0 Å². The summed E-state index contributed by atoms with van der Waals surface area (Å²) in [6, 6.07) is 14.7. The highest BCUT2D eigenvalue weighted by Crippen LogP contribution is 2.22. The molecule has 118 valence electrons. The number of imide groups is 1. The number of benzene rings is 2. The lowest BCUT2D eigenvalue weighted by Crippen LogP contribution is -2.31. The maximum atomic E-state index is 12.2. The fourth-order valence-corrected chi connectivity index (χ4v) is 2.90. The van der Waals surface area contributed by atoms with Crippen LogP contribution in [-0.4, -0.2) is 29.9 Å². The molecule has 3 rings (SSSR count). The molecule has 0 atom stereocenters. The van der Waals surface area contributed by atoms with Crippen LogP contribution in [0.2, 0.25) is 0 Å². The van der Waals surface area contributed by atoms with E-state index in [1.54, 1.807) is 24.3 Å². The van der Waals surface area contributed by atoms with E-state index in [1.807, 2.05) is 24.3 Å². The van der Waals surface area contributed by atoms with Crippen LogP contribution in [0.3, 0.4) is 0 Å². The lowest BCUT2D eigenvalue weighted by molar-refractivity contribution is 0.0647. The zero-order valence-corrected chi connectivity index (χ0v) is 14.1. The molecule has 0 aromatic heterocycles. The maximum Gasteiger partial charge on any atom is 0.261 e. The Labute approximate surface area is 143 Å². The van der Waals surface area contributed by atoms with E-state index in [4.69, 9.17) is 4.74 Å². The summed E-state index contributed by atoms with van der Waals surface area (Å²) in [5.41, 5.74) is 2.16. The first-order chi connectivity index (χ1) is 11.2. The first-order valence-corrected chi connectivity index (χ1v) is 8.56. The van der Waals surface area contributed by atoms with Crippen molar-refractivity contribution in [3.05, 3.63) is 65.2 Å². The first kappa shape index (κ1) is 15.7. The van der Waals surface area contributed by atoms with Gasteiger partial charge < -0.3 is 4.74 Å². The van der Waals surface area contributed by atoms with Crippen molar-refractivity contribution in [3.8, 4) is 5.75 Å². The molecule has 1 heterocycles. The van der Waals surface area contributed by atoms with Gasteiger partial charge in [-0.05, 0) is 36.2 Å². The number of rotatable bonds is 6. The molecule has 1 aliphatic heterocycles. The van der Waals surface area contributed by atoms with Gasteiger partial charge >= 0.3 is 0 Å². The summed E-state index contributed by atoms with van der Waals surface area (Å²) in [6.07, 6.45) is 0.603. The predicted molar refractivity (Wildman–Crippen MR) is 91.0 cm³/mol. The van der Waals surface area contributed by atoms with Crippen LogP contribution in [0.25, 0.3) is 0 Å². The van der Waals surface area contributed by atoms with Gasteiger partial charge in [0.15, 0.2) is 0 Å². The van der Waals surface area contributed by atoms with Gasteiger partial charge in [0, 0.05) is 11.9 Å². The Kier molecular flexibility index (Phi) is 4.76. The minimum absolute atomic E-state index is 0.215. The molecule has 0 spiro atoms. The van der Waals surface area contributed by atoms with Crippen LogP contribution in [0.4, 0.5) is 0 Å². The fraction of sp³-hybridized carbons (Fsp3) is 0.222. The highest BCUT2D eigenvalue weighted by atomic mass is 79.9. The molecule has 4 nitrogen and oxygen atoms in total. The summed E-state index contributed by atoms with van der Waals surface area (Å²) in [6.45, 7) is 0.826. The van der Waals surface area contributed by atoms with Crippen molar-refractivity contribution in [1.29, 1.82) is 0 Å². The molecule has 0 N–H and O–H groups in total. The van der Waals surface area contributed by atoms with Crippen molar-refractivity contribution < 1.29 is 14.3 Å². The summed E-state index contributed by atoms with van der Waals surface area (Å²) in [4.78, 5) is 25.7. The molecule has 0 radical (unpaired) electrons. The van der Waals surface area contributed by atoms with Crippen LogP contribution in [-0.2, 0) is 5.33 Å². The lowest BCUT2D eigenvalue weighted by atomic mass is 10.1. The molecule has 5 heteroatoms. The van der Waals surface area contributed by atoms with Crippen molar-refractivity contribution in [2.24, 2.45) is 0 Å². The Morgan fingerprint density at radius 2 is 1.52 bits per heavy atom. The highest BCUT2D eigenvalue weighted by Gasteiger charge is 2.34. The number of carbonyl (C=O) groups excluding carboxylic acids is 2. The average Bonchev–Trinajstić information content (AvgIpc) is 2.84. The normalized spacial score (nSPS) is 13.3. The van der Waals surface area contributed by atoms with Crippen molar-refractivity contribution in [2.75, 3.05) is 13.2 Å². The van der Waals surface area contributed by atoms with E-state index in [1.165, 1.54) is 10.5 Å². The lowest BCUT2D eigenvalue weighted by Gasteiger charge is -2.14. The topological polar surface area (TPSA) is 46.6 Å². The standard InChI is InChI=1S/C18H16BrNO3/c19-12-13-6-8-14(9-7-13)23-11-3-10-20-17(21)15-4-1-2-5-16(15)18(20)22/h1-2,4-9H,3,10-12H2. The SMILES string of the molecule is O=C1c2ccccc2C(=O)N1CCCOc1ccc(CBr)cc1. The maximum absolute atomic E-state index is 12.2. The zero-order valence-electron chi connectivity index (χ0n) is 12.5. The van der Waals surface area contributed by atoms with Crippen molar-refractivity contribution in [3.63, 3.8) is 0 Å². The molecule has 0 saturated heterocycles. The summed E-state index contributed by atoms with van der Waals surface area (Å²) in [5, 5.41) is 0.813. The van der Waals surface area contributed by atoms with E-state index < -0.39 is 0 Å². The van der Waals surface area contributed by atoms with Crippen LogP contribution >= 0.6 is 15.9 Å². The Morgan fingerprint density at radius 1 is 0.913 bits per heavy atom. The Hall–Kier alpha value is -2.14. The van der Waals surface area contributed by atoms with Crippen molar-refractivity contribution in [1.82, 2.24) is 4.90 Å². The van der Waals surface area contributed by atoms with Crippen LogP contribution < -0.4 is 4.74 Å². The third kappa shape index (κ3) is 3.29. The van der Waals surface area contributed by atoms with Crippen molar-refractivity contribution in [2.45, 2.75) is 11.8 Å². The molecule has 1 aliphatic rings. The molecule has 0 bridgehead atoms. The second-order valence-corrected chi connectivity index (χ2v) is 5.85. The monoisotopic (exact) mass is 373 g/mol. The van der Waals surface area contributed by atoms with Gasteiger partial charge in [0.2, 0.25) is 0 Å². The second-order valence-electron chi connectivity index (χ2n) is 5.29. The van der Waals surface area contributed by atoms with Gasteiger partial charge in [-0.3, -0.25) is 14.5 Å². The summed E-state index contributed by atoms with van der Waals surface area (Å²) >= 11 is 3.40. The third-order valence-electron chi connectivity index (χ3n) is 3.75.